The summed E-state index contributed by atoms with van der Waals surface area (Å²) >= 11 is 0. The van der Waals surface area contributed by atoms with E-state index < -0.39 is 23.5 Å². The Morgan fingerprint density at radius 3 is 1.86 bits per heavy atom. The quantitative estimate of drug-likeness (QED) is 0.816. The summed E-state index contributed by atoms with van der Waals surface area (Å²) in [5.74, 6) is -0.141. The minimum Gasteiger partial charge on any atom is -0.396 e. The van der Waals surface area contributed by atoms with Gasteiger partial charge in [0, 0.05) is 19.7 Å². The number of rotatable bonds is 5. The molecule has 0 bridgehead atoms. The summed E-state index contributed by atoms with van der Waals surface area (Å²) in [5, 5.41) is 11.5. The predicted molar refractivity (Wildman–Crippen MR) is 64.4 cm³/mol. The molecule has 2 nitrogen and oxygen atoms in total. The molecule has 0 radical (unpaired) electrons. The number of halogens is 6. The predicted octanol–water partition coefficient (Wildman–Crippen LogP) is 3.44. The van der Waals surface area contributed by atoms with Gasteiger partial charge in [0.05, 0.1) is 11.1 Å². The number of alkyl halides is 6. The van der Waals surface area contributed by atoms with Gasteiger partial charge in [0.1, 0.15) is 0 Å². The van der Waals surface area contributed by atoms with E-state index in [1.165, 1.54) is 0 Å². The molecular weight excluding hydrogens is 300 g/mol. The van der Waals surface area contributed by atoms with Crippen LogP contribution >= 0.6 is 0 Å². The molecular formula is C13H15F6NO. The Balaban J connectivity index is 2.98. The van der Waals surface area contributed by atoms with Gasteiger partial charge in [-0.05, 0) is 29.7 Å². The van der Waals surface area contributed by atoms with Gasteiger partial charge in [-0.25, -0.2) is 0 Å². The van der Waals surface area contributed by atoms with E-state index in [-0.39, 0.29) is 37.2 Å². The third kappa shape index (κ3) is 5.55. The molecule has 1 rings (SSSR count). The molecule has 0 aliphatic heterocycles. The van der Waals surface area contributed by atoms with Crippen LogP contribution < -0.4 is 5.32 Å². The van der Waals surface area contributed by atoms with E-state index >= 15 is 0 Å². The molecule has 1 atom stereocenters. The van der Waals surface area contributed by atoms with Crippen LogP contribution in [-0.2, 0) is 18.9 Å². The van der Waals surface area contributed by atoms with Gasteiger partial charge in [-0.2, -0.15) is 26.3 Å². The highest BCUT2D eigenvalue weighted by Gasteiger charge is 2.36. The topological polar surface area (TPSA) is 32.3 Å². The van der Waals surface area contributed by atoms with E-state index in [1.54, 1.807) is 6.92 Å². The van der Waals surface area contributed by atoms with Crippen molar-refractivity contribution in [3.63, 3.8) is 0 Å². The van der Waals surface area contributed by atoms with Gasteiger partial charge >= 0.3 is 12.4 Å². The van der Waals surface area contributed by atoms with E-state index in [0.29, 0.717) is 12.1 Å². The second kappa shape index (κ2) is 6.65. The molecule has 0 spiro atoms. The molecule has 2 N–H and O–H groups in total. The summed E-state index contributed by atoms with van der Waals surface area (Å²) in [5.41, 5.74) is -2.77. The van der Waals surface area contributed by atoms with Crippen molar-refractivity contribution >= 4 is 0 Å². The maximum Gasteiger partial charge on any atom is 0.416 e. The Labute approximate surface area is 117 Å². The molecule has 0 aromatic heterocycles. The van der Waals surface area contributed by atoms with Gasteiger partial charge < -0.3 is 10.4 Å². The number of benzene rings is 1. The first kappa shape index (κ1) is 17.8. The number of aliphatic hydroxyl groups excluding tert-OH is 1. The second-order valence-corrected chi connectivity index (χ2v) is 4.83. The zero-order chi connectivity index (χ0) is 16.3. The van der Waals surface area contributed by atoms with Gasteiger partial charge in [-0.3, -0.25) is 0 Å². The fraction of sp³-hybridized carbons (Fsp3) is 0.538. The van der Waals surface area contributed by atoms with Gasteiger partial charge in [-0.1, -0.05) is 6.92 Å². The van der Waals surface area contributed by atoms with Crippen molar-refractivity contribution in [3.8, 4) is 0 Å². The lowest BCUT2D eigenvalue weighted by atomic mass is 10.0. The highest BCUT2D eigenvalue weighted by Crippen LogP contribution is 2.36. The fourth-order valence-corrected chi connectivity index (χ4v) is 1.65. The maximum atomic E-state index is 12.6. The van der Waals surface area contributed by atoms with Gasteiger partial charge in [0.2, 0.25) is 0 Å². The average molecular weight is 315 g/mol. The van der Waals surface area contributed by atoms with E-state index in [2.05, 4.69) is 5.32 Å². The lowest BCUT2D eigenvalue weighted by Crippen LogP contribution is -2.23. The Bertz CT molecular complexity index is 436. The molecule has 0 saturated carbocycles. The highest BCUT2D eigenvalue weighted by molar-refractivity contribution is 5.33. The zero-order valence-corrected chi connectivity index (χ0v) is 11.1. The number of aliphatic hydroxyl groups is 1. The van der Waals surface area contributed by atoms with Gasteiger partial charge in [-0.15, -0.1) is 0 Å². The van der Waals surface area contributed by atoms with Gasteiger partial charge in [0.25, 0.3) is 0 Å². The molecule has 8 heteroatoms. The summed E-state index contributed by atoms with van der Waals surface area (Å²) in [6.45, 7) is 1.72. The van der Waals surface area contributed by atoms with Crippen molar-refractivity contribution in [2.45, 2.75) is 25.8 Å². The van der Waals surface area contributed by atoms with Crippen molar-refractivity contribution < 1.29 is 31.4 Å². The highest BCUT2D eigenvalue weighted by atomic mass is 19.4. The minimum atomic E-state index is -4.84. The van der Waals surface area contributed by atoms with Crippen LogP contribution in [0.25, 0.3) is 0 Å². The zero-order valence-electron chi connectivity index (χ0n) is 11.1. The third-order valence-corrected chi connectivity index (χ3v) is 2.78. The van der Waals surface area contributed by atoms with Crippen molar-refractivity contribution in [1.29, 1.82) is 0 Å². The van der Waals surface area contributed by atoms with Crippen LogP contribution in [0.4, 0.5) is 26.3 Å². The van der Waals surface area contributed by atoms with Crippen molar-refractivity contribution in [1.82, 2.24) is 5.32 Å². The molecule has 120 valence electrons. The summed E-state index contributed by atoms with van der Waals surface area (Å²) in [4.78, 5) is 0. The Hall–Kier alpha value is -1.28. The number of hydrogen-bond acceptors (Lipinski definition) is 2. The smallest absolute Gasteiger partial charge is 0.396 e. The van der Waals surface area contributed by atoms with Crippen LogP contribution in [0, 0.1) is 5.92 Å². The Kier molecular flexibility index (Phi) is 5.63. The van der Waals surface area contributed by atoms with Crippen LogP contribution in [0.5, 0.6) is 0 Å². The second-order valence-electron chi connectivity index (χ2n) is 4.83. The molecule has 0 aliphatic carbocycles. The lowest BCUT2D eigenvalue weighted by Gasteiger charge is -2.15. The largest absolute Gasteiger partial charge is 0.416 e. The van der Waals surface area contributed by atoms with Gasteiger partial charge in [0.15, 0.2) is 0 Å². The normalized spacial score (nSPS) is 14.3. The first-order valence-corrected chi connectivity index (χ1v) is 6.14. The summed E-state index contributed by atoms with van der Waals surface area (Å²) < 4.78 is 75.7. The minimum absolute atomic E-state index is 0.0971. The van der Waals surface area contributed by atoms with Crippen LogP contribution in [0.1, 0.15) is 23.6 Å². The van der Waals surface area contributed by atoms with Crippen molar-refractivity contribution in [2.24, 2.45) is 5.92 Å². The SMILES string of the molecule is C[C@H](CO)CNCc1cc(C(F)(F)F)cc(C(F)(F)F)c1. The Morgan fingerprint density at radius 1 is 1.00 bits per heavy atom. The number of nitrogens with one attached hydrogen (secondary N) is 1. The summed E-state index contributed by atoms with van der Waals surface area (Å²) in [6.07, 6.45) is -9.68. The molecule has 0 unspecified atom stereocenters. The number of hydrogen-bond donors (Lipinski definition) is 2. The van der Waals surface area contributed by atoms with Crippen LogP contribution in [0.3, 0.4) is 0 Å². The summed E-state index contributed by atoms with van der Waals surface area (Å²) in [6, 6.07) is 1.47. The molecule has 21 heavy (non-hydrogen) atoms. The molecule has 0 fully saturated rings. The molecule has 1 aromatic rings. The van der Waals surface area contributed by atoms with E-state index in [1.807, 2.05) is 0 Å². The fourth-order valence-electron chi connectivity index (χ4n) is 1.65. The molecule has 1 aromatic carbocycles. The monoisotopic (exact) mass is 315 g/mol. The Morgan fingerprint density at radius 2 is 1.48 bits per heavy atom. The first-order chi connectivity index (χ1) is 9.54. The molecule has 0 heterocycles. The standard InChI is InChI=1S/C13H15F6NO/c1-8(7-21)5-20-6-9-2-10(12(14,15)16)4-11(3-9)13(17,18)19/h2-4,8,20-21H,5-7H2,1H3/t8-/m0/s1. The van der Waals surface area contributed by atoms with Crippen LogP contribution in [0.15, 0.2) is 18.2 Å². The lowest BCUT2D eigenvalue weighted by molar-refractivity contribution is -0.143. The first-order valence-electron chi connectivity index (χ1n) is 6.14. The molecule has 0 aliphatic rings. The summed E-state index contributed by atoms with van der Waals surface area (Å²) in [7, 11) is 0. The van der Waals surface area contributed by atoms with Crippen molar-refractivity contribution in [2.75, 3.05) is 13.2 Å². The van der Waals surface area contributed by atoms with E-state index in [9.17, 15) is 26.3 Å². The maximum absolute atomic E-state index is 12.6. The van der Waals surface area contributed by atoms with E-state index in [4.69, 9.17) is 5.11 Å². The third-order valence-electron chi connectivity index (χ3n) is 2.78. The molecule has 0 amide bonds. The molecule has 0 saturated heterocycles. The van der Waals surface area contributed by atoms with Crippen LogP contribution in [-0.4, -0.2) is 18.3 Å². The van der Waals surface area contributed by atoms with Crippen molar-refractivity contribution in [3.05, 3.63) is 34.9 Å². The average Bonchev–Trinajstić information content (AvgIpc) is 2.36. The van der Waals surface area contributed by atoms with E-state index in [0.717, 1.165) is 0 Å². The van der Waals surface area contributed by atoms with Crippen LogP contribution in [0.2, 0.25) is 0 Å².